The summed E-state index contributed by atoms with van der Waals surface area (Å²) in [6.45, 7) is 8.78. The monoisotopic (exact) mass is 157 g/mol. The summed E-state index contributed by atoms with van der Waals surface area (Å²) in [6.07, 6.45) is 4.46. The van der Waals surface area contributed by atoms with E-state index in [0.29, 0.717) is 6.10 Å². The molecule has 0 saturated heterocycles. The topological polar surface area (TPSA) is 21.3 Å². The maximum absolute atomic E-state index is 5.34. The van der Waals surface area contributed by atoms with Gasteiger partial charge in [0.15, 0.2) is 0 Å². The molecule has 0 amide bonds. The number of nitrogens with one attached hydrogen (secondary N) is 1. The Bertz CT molecular complexity index is 102. The van der Waals surface area contributed by atoms with Gasteiger partial charge >= 0.3 is 0 Å². The molecule has 1 unspecified atom stereocenters. The summed E-state index contributed by atoms with van der Waals surface area (Å²) in [5.74, 6) is 0. The number of hydrogen-bond acceptors (Lipinski definition) is 2. The van der Waals surface area contributed by atoms with E-state index in [9.17, 15) is 0 Å². The van der Waals surface area contributed by atoms with Crippen molar-refractivity contribution in [3.8, 4) is 0 Å². The summed E-state index contributed by atoms with van der Waals surface area (Å²) in [5.41, 5.74) is 0. The van der Waals surface area contributed by atoms with E-state index in [0.717, 1.165) is 19.7 Å². The molecule has 11 heavy (non-hydrogen) atoms. The second-order valence-electron chi connectivity index (χ2n) is 2.49. The zero-order chi connectivity index (χ0) is 8.53. The lowest BCUT2D eigenvalue weighted by molar-refractivity contribution is 0.0769. The smallest absolute Gasteiger partial charge is 0.0671 e. The van der Waals surface area contributed by atoms with E-state index in [1.54, 1.807) is 0 Å². The Morgan fingerprint density at radius 2 is 2.27 bits per heavy atom. The molecule has 66 valence electrons. The average Bonchev–Trinajstić information content (AvgIpc) is 1.99. The predicted molar refractivity (Wildman–Crippen MR) is 48.8 cm³/mol. The minimum Gasteiger partial charge on any atom is -0.377 e. The molecule has 1 N–H and O–H groups in total. The van der Waals surface area contributed by atoms with Crippen molar-refractivity contribution in [2.24, 2.45) is 0 Å². The summed E-state index contributed by atoms with van der Waals surface area (Å²) in [5, 5.41) is 3.26. The Morgan fingerprint density at radius 3 is 2.82 bits per heavy atom. The van der Waals surface area contributed by atoms with Gasteiger partial charge in [0.05, 0.1) is 6.10 Å². The molecule has 0 aliphatic heterocycles. The Balaban J connectivity index is 3.10. The van der Waals surface area contributed by atoms with Crippen molar-refractivity contribution < 1.29 is 4.74 Å². The molecule has 2 heteroatoms. The molecule has 0 aromatic carbocycles. The molecule has 0 aromatic heterocycles. The third kappa shape index (κ3) is 7.56. The standard InChI is InChI=1S/C9H19NO/c1-4-6-7-10-8-9(3)11-5-2/h4,6,9-10H,5,7-8H2,1-3H3/b6-4+. The third-order valence-corrected chi connectivity index (χ3v) is 1.38. The second kappa shape index (κ2) is 7.76. The number of ether oxygens (including phenoxy) is 1. The molecular formula is C9H19NO. The van der Waals surface area contributed by atoms with Gasteiger partial charge in [0.25, 0.3) is 0 Å². The molecule has 0 aliphatic rings. The highest BCUT2D eigenvalue weighted by molar-refractivity contribution is 4.79. The number of hydrogen-bond donors (Lipinski definition) is 1. The molecular weight excluding hydrogens is 138 g/mol. The molecule has 0 heterocycles. The predicted octanol–water partition coefficient (Wildman–Crippen LogP) is 1.58. The fourth-order valence-corrected chi connectivity index (χ4v) is 0.831. The van der Waals surface area contributed by atoms with Crippen molar-refractivity contribution in [1.29, 1.82) is 0 Å². The van der Waals surface area contributed by atoms with Crippen LogP contribution in [0.5, 0.6) is 0 Å². The van der Waals surface area contributed by atoms with Crippen molar-refractivity contribution in [2.75, 3.05) is 19.7 Å². The van der Waals surface area contributed by atoms with Gasteiger partial charge in [0, 0.05) is 19.7 Å². The zero-order valence-corrected chi connectivity index (χ0v) is 7.76. The van der Waals surface area contributed by atoms with Crippen LogP contribution in [0.1, 0.15) is 20.8 Å². The van der Waals surface area contributed by atoms with Gasteiger partial charge in [-0.15, -0.1) is 0 Å². The van der Waals surface area contributed by atoms with Crippen LogP contribution in [0.25, 0.3) is 0 Å². The molecule has 0 aromatic rings. The second-order valence-corrected chi connectivity index (χ2v) is 2.49. The molecule has 0 spiro atoms. The maximum Gasteiger partial charge on any atom is 0.0671 e. The molecule has 0 bridgehead atoms. The highest BCUT2D eigenvalue weighted by atomic mass is 16.5. The Morgan fingerprint density at radius 1 is 1.55 bits per heavy atom. The first kappa shape index (κ1) is 10.7. The molecule has 0 saturated carbocycles. The van der Waals surface area contributed by atoms with Crippen LogP contribution in [0, 0.1) is 0 Å². The Hall–Kier alpha value is -0.340. The van der Waals surface area contributed by atoms with Gasteiger partial charge in [-0.3, -0.25) is 0 Å². The highest BCUT2D eigenvalue weighted by Gasteiger charge is 1.96. The summed E-state index contributed by atoms with van der Waals surface area (Å²) in [4.78, 5) is 0. The lowest BCUT2D eigenvalue weighted by Gasteiger charge is -2.10. The van der Waals surface area contributed by atoms with Gasteiger partial charge < -0.3 is 10.1 Å². The first-order chi connectivity index (χ1) is 5.31. The third-order valence-electron chi connectivity index (χ3n) is 1.38. The maximum atomic E-state index is 5.34. The first-order valence-electron chi connectivity index (χ1n) is 4.24. The van der Waals surface area contributed by atoms with E-state index in [2.05, 4.69) is 18.3 Å². The molecule has 0 radical (unpaired) electrons. The zero-order valence-electron chi connectivity index (χ0n) is 7.76. The van der Waals surface area contributed by atoms with Crippen molar-refractivity contribution in [3.63, 3.8) is 0 Å². The summed E-state index contributed by atoms with van der Waals surface area (Å²) < 4.78 is 5.34. The fourth-order valence-electron chi connectivity index (χ4n) is 0.831. The van der Waals surface area contributed by atoms with Gasteiger partial charge in [0.2, 0.25) is 0 Å². The number of allylic oxidation sites excluding steroid dienone is 1. The molecule has 0 aliphatic carbocycles. The summed E-state index contributed by atoms with van der Waals surface area (Å²) >= 11 is 0. The SMILES string of the molecule is C/C=C/CNCC(C)OCC. The van der Waals surface area contributed by atoms with Crippen molar-refractivity contribution in [3.05, 3.63) is 12.2 Å². The van der Waals surface area contributed by atoms with Crippen molar-refractivity contribution >= 4 is 0 Å². The van der Waals surface area contributed by atoms with E-state index in [1.807, 2.05) is 19.9 Å². The van der Waals surface area contributed by atoms with Gasteiger partial charge in [-0.25, -0.2) is 0 Å². The molecule has 0 rings (SSSR count). The van der Waals surface area contributed by atoms with E-state index in [1.165, 1.54) is 0 Å². The van der Waals surface area contributed by atoms with Crippen molar-refractivity contribution in [1.82, 2.24) is 5.32 Å². The van der Waals surface area contributed by atoms with E-state index >= 15 is 0 Å². The average molecular weight is 157 g/mol. The van der Waals surface area contributed by atoms with E-state index in [4.69, 9.17) is 4.74 Å². The fraction of sp³-hybridized carbons (Fsp3) is 0.778. The molecule has 0 fully saturated rings. The summed E-state index contributed by atoms with van der Waals surface area (Å²) in [7, 11) is 0. The lowest BCUT2D eigenvalue weighted by Crippen LogP contribution is -2.26. The minimum absolute atomic E-state index is 0.324. The van der Waals surface area contributed by atoms with Crippen LogP contribution in [0.4, 0.5) is 0 Å². The first-order valence-corrected chi connectivity index (χ1v) is 4.24. The normalized spacial score (nSPS) is 14.1. The summed E-state index contributed by atoms with van der Waals surface area (Å²) in [6, 6.07) is 0. The van der Waals surface area contributed by atoms with Gasteiger partial charge in [-0.1, -0.05) is 12.2 Å². The van der Waals surface area contributed by atoms with Gasteiger partial charge in [0.1, 0.15) is 0 Å². The largest absolute Gasteiger partial charge is 0.377 e. The van der Waals surface area contributed by atoms with Gasteiger partial charge in [-0.05, 0) is 20.8 Å². The van der Waals surface area contributed by atoms with Crippen LogP contribution in [0.15, 0.2) is 12.2 Å². The van der Waals surface area contributed by atoms with Crippen LogP contribution in [0.3, 0.4) is 0 Å². The van der Waals surface area contributed by atoms with Crippen LogP contribution >= 0.6 is 0 Å². The quantitative estimate of drug-likeness (QED) is 0.467. The molecule has 2 nitrogen and oxygen atoms in total. The Labute approximate surface area is 69.6 Å². The molecule has 1 atom stereocenters. The lowest BCUT2D eigenvalue weighted by atomic mass is 10.4. The number of rotatable bonds is 6. The van der Waals surface area contributed by atoms with E-state index < -0.39 is 0 Å². The van der Waals surface area contributed by atoms with Crippen LogP contribution in [-0.2, 0) is 4.74 Å². The van der Waals surface area contributed by atoms with Crippen molar-refractivity contribution in [2.45, 2.75) is 26.9 Å². The minimum atomic E-state index is 0.324. The Kier molecular flexibility index (Phi) is 7.52. The van der Waals surface area contributed by atoms with Gasteiger partial charge in [-0.2, -0.15) is 0 Å². The van der Waals surface area contributed by atoms with Crippen LogP contribution in [-0.4, -0.2) is 25.8 Å². The van der Waals surface area contributed by atoms with Crippen LogP contribution < -0.4 is 5.32 Å². The van der Waals surface area contributed by atoms with E-state index in [-0.39, 0.29) is 0 Å². The van der Waals surface area contributed by atoms with Crippen LogP contribution in [0.2, 0.25) is 0 Å². The highest BCUT2D eigenvalue weighted by Crippen LogP contribution is 1.86.